The van der Waals surface area contributed by atoms with Gasteiger partial charge in [0.15, 0.2) is 0 Å². The molecule has 0 bridgehead atoms. The summed E-state index contributed by atoms with van der Waals surface area (Å²) in [7, 11) is 0. The van der Waals surface area contributed by atoms with E-state index in [1.54, 1.807) is 0 Å². The Kier molecular flexibility index (Phi) is 3.66. The van der Waals surface area contributed by atoms with E-state index in [0.29, 0.717) is 12.5 Å². The van der Waals surface area contributed by atoms with E-state index in [4.69, 9.17) is 5.26 Å². The zero-order chi connectivity index (χ0) is 12.3. The number of nitrogens with zero attached hydrogens (tertiary/aromatic N) is 2. The number of β-amino-alcohol motifs (C(OH)–C–C–N with tert-alkyl or cyclic N) is 1. The van der Waals surface area contributed by atoms with Crippen LogP contribution in [-0.4, -0.2) is 35.7 Å². The highest BCUT2D eigenvalue weighted by Gasteiger charge is 2.38. The number of likely N-dealkylation sites (tertiary alicyclic amines) is 1. The van der Waals surface area contributed by atoms with Crippen molar-refractivity contribution in [3.8, 4) is 6.07 Å². The predicted octanol–water partition coefficient (Wildman–Crippen LogP) is 1.72. The number of aliphatic hydroxyl groups excluding tert-OH is 1. The number of hydrogen-bond acceptors (Lipinski definition) is 3. The highest BCUT2D eigenvalue weighted by Crippen LogP contribution is 2.31. The van der Waals surface area contributed by atoms with Crippen molar-refractivity contribution >= 4 is 0 Å². The molecule has 3 atom stereocenters. The van der Waals surface area contributed by atoms with Crippen LogP contribution >= 0.6 is 0 Å². The summed E-state index contributed by atoms with van der Waals surface area (Å²) in [6, 6.07) is 2.25. The Hall–Kier alpha value is -1.11. The molecule has 0 aromatic heterocycles. The molecular weight excluding hydrogens is 212 g/mol. The van der Waals surface area contributed by atoms with E-state index in [9.17, 15) is 5.11 Å². The Labute approximate surface area is 103 Å². The fourth-order valence-electron chi connectivity index (χ4n) is 2.49. The van der Waals surface area contributed by atoms with Crippen LogP contribution in [0.2, 0.25) is 0 Å². The van der Waals surface area contributed by atoms with Crippen LogP contribution < -0.4 is 0 Å². The quantitative estimate of drug-likeness (QED) is 0.788. The maximum atomic E-state index is 10.0. The third kappa shape index (κ3) is 2.77. The summed E-state index contributed by atoms with van der Waals surface area (Å²) in [6.07, 6.45) is 9.90. The van der Waals surface area contributed by atoms with E-state index in [-0.39, 0.29) is 0 Å². The molecule has 3 heteroatoms. The highest BCUT2D eigenvalue weighted by molar-refractivity contribution is 5.11. The van der Waals surface area contributed by atoms with Crippen LogP contribution in [0.5, 0.6) is 0 Å². The first kappa shape index (κ1) is 12.3. The second kappa shape index (κ2) is 5.03. The predicted molar refractivity (Wildman–Crippen MR) is 67.2 cm³/mol. The monoisotopic (exact) mass is 232 g/mol. The Bertz CT molecular complexity index is 369. The first-order valence-corrected chi connectivity index (χ1v) is 6.29. The number of allylic oxidation sites excluding steroid dienone is 3. The molecule has 0 saturated carbocycles. The molecule has 1 unspecified atom stereocenters. The average molecular weight is 232 g/mol. The lowest BCUT2D eigenvalue weighted by molar-refractivity contribution is -0.00818. The standard InChI is InChI=1S/C14H20N2O/c1-14(11-15)7-8-16(10-13(14)17)9-12-5-3-2-4-6-12/h2-5,12-13,17H,6-10H2,1H3/t12?,13-,14+/m1/s1. The Balaban J connectivity index is 1.88. The SMILES string of the molecule is C[C@@]1(C#N)CCN(CC2C=CC=CC2)C[C@H]1O. The van der Waals surface area contributed by atoms with Gasteiger partial charge in [0.1, 0.15) is 0 Å². The van der Waals surface area contributed by atoms with Crippen LogP contribution in [0.3, 0.4) is 0 Å². The van der Waals surface area contributed by atoms with Crippen molar-refractivity contribution in [2.24, 2.45) is 11.3 Å². The number of nitriles is 1. The van der Waals surface area contributed by atoms with Crippen LogP contribution in [0, 0.1) is 22.7 Å². The summed E-state index contributed by atoms with van der Waals surface area (Å²) < 4.78 is 0. The summed E-state index contributed by atoms with van der Waals surface area (Å²) in [4.78, 5) is 2.28. The molecule has 1 N–H and O–H groups in total. The van der Waals surface area contributed by atoms with Gasteiger partial charge in [-0.25, -0.2) is 0 Å². The van der Waals surface area contributed by atoms with E-state index < -0.39 is 11.5 Å². The van der Waals surface area contributed by atoms with Gasteiger partial charge in [0, 0.05) is 13.1 Å². The number of hydrogen-bond donors (Lipinski definition) is 1. The normalized spacial score (nSPS) is 37.9. The van der Waals surface area contributed by atoms with Gasteiger partial charge in [-0.15, -0.1) is 0 Å². The second-order valence-electron chi connectivity index (χ2n) is 5.36. The molecular formula is C14H20N2O. The van der Waals surface area contributed by atoms with Crippen molar-refractivity contribution in [2.75, 3.05) is 19.6 Å². The minimum atomic E-state index is -0.557. The lowest BCUT2D eigenvalue weighted by Gasteiger charge is -2.40. The molecule has 92 valence electrons. The number of rotatable bonds is 2. The molecule has 1 aliphatic heterocycles. The van der Waals surface area contributed by atoms with Crippen LogP contribution in [0.25, 0.3) is 0 Å². The van der Waals surface area contributed by atoms with E-state index in [2.05, 4.69) is 35.3 Å². The summed E-state index contributed by atoms with van der Waals surface area (Å²) in [5.74, 6) is 0.554. The van der Waals surface area contributed by atoms with Gasteiger partial charge in [-0.3, -0.25) is 0 Å². The van der Waals surface area contributed by atoms with E-state index >= 15 is 0 Å². The molecule has 3 nitrogen and oxygen atoms in total. The zero-order valence-electron chi connectivity index (χ0n) is 10.3. The summed E-state index contributed by atoms with van der Waals surface area (Å²) in [6.45, 7) is 4.38. The fourth-order valence-corrected chi connectivity index (χ4v) is 2.49. The lowest BCUT2D eigenvalue weighted by Crippen LogP contribution is -2.50. The van der Waals surface area contributed by atoms with Crippen LogP contribution in [0.1, 0.15) is 19.8 Å². The maximum Gasteiger partial charge on any atom is 0.0850 e. The van der Waals surface area contributed by atoms with Gasteiger partial charge in [-0.2, -0.15) is 5.26 Å². The number of aliphatic hydroxyl groups is 1. The Morgan fingerprint density at radius 1 is 1.53 bits per heavy atom. The summed E-state index contributed by atoms with van der Waals surface area (Å²) in [5, 5.41) is 19.1. The molecule has 0 aromatic carbocycles. The van der Waals surface area contributed by atoms with Crippen molar-refractivity contribution in [1.82, 2.24) is 4.90 Å². The van der Waals surface area contributed by atoms with Crippen LogP contribution in [-0.2, 0) is 0 Å². The van der Waals surface area contributed by atoms with Gasteiger partial charge in [-0.1, -0.05) is 24.3 Å². The van der Waals surface area contributed by atoms with E-state index in [0.717, 1.165) is 25.9 Å². The molecule has 0 spiro atoms. The van der Waals surface area contributed by atoms with Crippen LogP contribution in [0.4, 0.5) is 0 Å². The molecule has 1 fully saturated rings. The van der Waals surface area contributed by atoms with Gasteiger partial charge >= 0.3 is 0 Å². The molecule has 1 aliphatic carbocycles. The molecule has 1 heterocycles. The fraction of sp³-hybridized carbons (Fsp3) is 0.643. The zero-order valence-corrected chi connectivity index (χ0v) is 10.3. The van der Waals surface area contributed by atoms with Crippen molar-refractivity contribution in [3.05, 3.63) is 24.3 Å². The first-order chi connectivity index (χ1) is 8.14. The highest BCUT2D eigenvalue weighted by atomic mass is 16.3. The van der Waals surface area contributed by atoms with Gasteiger partial charge in [0.05, 0.1) is 17.6 Å². The summed E-state index contributed by atoms with van der Waals surface area (Å²) in [5.41, 5.74) is -0.557. The molecule has 17 heavy (non-hydrogen) atoms. The lowest BCUT2D eigenvalue weighted by atomic mass is 9.79. The van der Waals surface area contributed by atoms with Gasteiger partial charge in [-0.05, 0) is 32.2 Å². The third-order valence-corrected chi connectivity index (χ3v) is 3.93. The van der Waals surface area contributed by atoms with Gasteiger partial charge < -0.3 is 10.0 Å². The molecule has 0 radical (unpaired) electrons. The Morgan fingerprint density at radius 2 is 2.35 bits per heavy atom. The van der Waals surface area contributed by atoms with Crippen molar-refractivity contribution in [2.45, 2.75) is 25.9 Å². The maximum absolute atomic E-state index is 10.0. The van der Waals surface area contributed by atoms with Crippen molar-refractivity contribution < 1.29 is 5.11 Å². The van der Waals surface area contributed by atoms with Crippen molar-refractivity contribution in [3.63, 3.8) is 0 Å². The molecule has 2 rings (SSSR count). The minimum Gasteiger partial charge on any atom is -0.390 e. The average Bonchev–Trinajstić information content (AvgIpc) is 2.35. The van der Waals surface area contributed by atoms with E-state index in [1.807, 2.05) is 6.92 Å². The molecule has 2 aliphatic rings. The minimum absolute atomic E-state index is 0.524. The molecule has 0 amide bonds. The molecule has 1 saturated heterocycles. The molecule has 0 aromatic rings. The topological polar surface area (TPSA) is 47.3 Å². The first-order valence-electron chi connectivity index (χ1n) is 6.29. The second-order valence-corrected chi connectivity index (χ2v) is 5.36. The number of piperidine rings is 1. The van der Waals surface area contributed by atoms with Crippen molar-refractivity contribution in [1.29, 1.82) is 5.26 Å². The van der Waals surface area contributed by atoms with Gasteiger partial charge in [0.25, 0.3) is 0 Å². The Morgan fingerprint density at radius 3 is 2.94 bits per heavy atom. The largest absolute Gasteiger partial charge is 0.390 e. The summed E-state index contributed by atoms with van der Waals surface area (Å²) >= 11 is 0. The van der Waals surface area contributed by atoms with Crippen LogP contribution in [0.15, 0.2) is 24.3 Å². The third-order valence-electron chi connectivity index (χ3n) is 3.93. The smallest absolute Gasteiger partial charge is 0.0850 e. The van der Waals surface area contributed by atoms with Gasteiger partial charge in [0.2, 0.25) is 0 Å². The van der Waals surface area contributed by atoms with E-state index in [1.165, 1.54) is 0 Å².